The molecule has 0 heterocycles. The average molecular weight is 315 g/mol. The second-order valence-electron chi connectivity index (χ2n) is 8.27. The van der Waals surface area contributed by atoms with Crippen LogP contribution in [0.1, 0.15) is 52.9 Å². The highest BCUT2D eigenvalue weighted by Gasteiger charge is 2.52. The van der Waals surface area contributed by atoms with Crippen molar-refractivity contribution < 1.29 is 0 Å². The Morgan fingerprint density at radius 3 is 2.59 bits per heavy atom. The molecular weight excluding hydrogens is 284 g/mol. The molecule has 120 valence electrons. The van der Waals surface area contributed by atoms with E-state index in [0.717, 1.165) is 5.92 Å². The molecule has 0 bridgehead atoms. The molecule has 3 atom stereocenters. The van der Waals surface area contributed by atoms with Crippen LogP contribution < -0.4 is 0 Å². The third kappa shape index (κ3) is 2.89. The van der Waals surface area contributed by atoms with E-state index in [1.807, 2.05) is 11.8 Å². The molecule has 2 aliphatic rings. The summed E-state index contributed by atoms with van der Waals surface area (Å²) in [7, 11) is 0. The quantitative estimate of drug-likeness (QED) is 0.448. The van der Waals surface area contributed by atoms with Crippen molar-refractivity contribution in [2.24, 2.45) is 22.7 Å². The van der Waals surface area contributed by atoms with Crippen LogP contribution in [0.2, 0.25) is 0 Å². The standard InChI is InChI=1S/C21H30S/c1-16-11-12-19-20(2,3)13-8-14-21(19,4)18(16)15-22-17-9-6-5-7-10-17/h5-7,9-10,18-19H,1,8,11-15H2,2-4H3/t18-,19-,21+/m0/s1. The van der Waals surface area contributed by atoms with E-state index in [9.17, 15) is 0 Å². The molecule has 0 N–H and O–H groups in total. The molecule has 0 aliphatic heterocycles. The zero-order valence-electron chi connectivity index (χ0n) is 14.4. The highest BCUT2D eigenvalue weighted by atomic mass is 32.2. The molecule has 3 rings (SSSR count). The average Bonchev–Trinajstić information content (AvgIpc) is 2.46. The van der Waals surface area contributed by atoms with Gasteiger partial charge in [0.1, 0.15) is 0 Å². The third-order valence-electron chi connectivity index (χ3n) is 6.48. The number of rotatable bonds is 3. The highest BCUT2D eigenvalue weighted by Crippen LogP contribution is 2.61. The van der Waals surface area contributed by atoms with Gasteiger partial charge in [-0.15, -0.1) is 11.8 Å². The fourth-order valence-electron chi connectivity index (χ4n) is 5.28. The van der Waals surface area contributed by atoms with E-state index in [2.05, 4.69) is 57.7 Å². The van der Waals surface area contributed by atoms with Gasteiger partial charge in [-0.3, -0.25) is 0 Å². The molecule has 1 aromatic rings. The minimum absolute atomic E-state index is 0.457. The van der Waals surface area contributed by atoms with Crippen LogP contribution in [0.5, 0.6) is 0 Å². The summed E-state index contributed by atoms with van der Waals surface area (Å²) in [5.41, 5.74) is 2.47. The van der Waals surface area contributed by atoms with Gasteiger partial charge < -0.3 is 0 Å². The Morgan fingerprint density at radius 1 is 1.14 bits per heavy atom. The minimum Gasteiger partial charge on any atom is -0.126 e. The smallest absolute Gasteiger partial charge is 0.00721 e. The summed E-state index contributed by atoms with van der Waals surface area (Å²) in [6.07, 6.45) is 6.77. The summed E-state index contributed by atoms with van der Waals surface area (Å²) in [5, 5.41) is 0. The summed E-state index contributed by atoms with van der Waals surface area (Å²) in [6, 6.07) is 10.9. The van der Waals surface area contributed by atoms with Crippen LogP contribution in [0.3, 0.4) is 0 Å². The van der Waals surface area contributed by atoms with Gasteiger partial charge in [0.2, 0.25) is 0 Å². The molecule has 0 radical (unpaired) electrons. The lowest BCUT2D eigenvalue weighted by Crippen LogP contribution is -2.50. The normalized spacial score (nSPS) is 34.2. The number of hydrogen-bond acceptors (Lipinski definition) is 1. The van der Waals surface area contributed by atoms with E-state index in [1.54, 1.807) is 0 Å². The maximum absolute atomic E-state index is 4.48. The predicted octanol–water partition coefficient (Wildman–Crippen LogP) is 6.58. The van der Waals surface area contributed by atoms with Gasteiger partial charge in [0.25, 0.3) is 0 Å². The number of thioether (sulfide) groups is 1. The molecule has 2 fully saturated rings. The Kier molecular flexibility index (Phi) is 4.47. The fourth-order valence-corrected chi connectivity index (χ4v) is 6.60. The van der Waals surface area contributed by atoms with Gasteiger partial charge in [0.05, 0.1) is 0 Å². The molecule has 2 saturated carbocycles. The minimum atomic E-state index is 0.457. The van der Waals surface area contributed by atoms with E-state index >= 15 is 0 Å². The van der Waals surface area contributed by atoms with Gasteiger partial charge in [-0.1, -0.05) is 57.5 Å². The van der Waals surface area contributed by atoms with Crippen molar-refractivity contribution in [2.75, 3.05) is 5.75 Å². The van der Waals surface area contributed by atoms with E-state index in [-0.39, 0.29) is 0 Å². The fraction of sp³-hybridized carbons (Fsp3) is 0.619. The first kappa shape index (κ1) is 16.2. The van der Waals surface area contributed by atoms with Crippen LogP contribution in [0.15, 0.2) is 47.4 Å². The molecule has 1 heteroatoms. The first-order valence-corrected chi connectivity index (χ1v) is 9.77. The molecule has 22 heavy (non-hydrogen) atoms. The molecule has 2 aliphatic carbocycles. The van der Waals surface area contributed by atoms with Crippen LogP contribution in [0.25, 0.3) is 0 Å². The lowest BCUT2D eigenvalue weighted by molar-refractivity contribution is -0.0454. The molecule has 0 aromatic heterocycles. The molecule has 0 amide bonds. The van der Waals surface area contributed by atoms with Gasteiger partial charge in [-0.25, -0.2) is 0 Å². The van der Waals surface area contributed by atoms with Gasteiger partial charge in [-0.05, 0) is 60.5 Å². The number of benzene rings is 1. The largest absolute Gasteiger partial charge is 0.126 e. The highest BCUT2D eigenvalue weighted by molar-refractivity contribution is 7.99. The van der Waals surface area contributed by atoms with Crippen molar-refractivity contribution in [3.63, 3.8) is 0 Å². The maximum Gasteiger partial charge on any atom is 0.00721 e. The zero-order valence-corrected chi connectivity index (χ0v) is 15.2. The van der Waals surface area contributed by atoms with Crippen LogP contribution in [-0.4, -0.2) is 5.75 Å². The van der Waals surface area contributed by atoms with Crippen LogP contribution in [0.4, 0.5) is 0 Å². The molecule has 0 spiro atoms. The van der Waals surface area contributed by atoms with E-state index in [4.69, 9.17) is 0 Å². The van der Waals surface area contributed by atoms with Crippen molar-refractivity contribution in [1.82, 2.24) is 0 Å². The number of fused-ring (bicyclic) bond motifs is 1. The Bertz CT molecular complexity index is 530. The molecule has 0 nitrogen and oxygen atoms in total. The summed E-state index contributed by atoms with van der Waals surface area (Å²) in [6.45, 7) is 12.1. The first-order valence-electron chi connectivity index (χ1n) is 8.79. The Balaban J connectivity index is 1.80. The van der Waals surface area contributed by atoms with Crippen molar-refractivity contribution in [2.45, 2.75) is 57.8 Å². The summed E-state index contributed by atoms with van der Waals surface area (Å²) < 4.78 is 0. The molecule has 1 aromatic carbocycles. The third-order valence-corrected chi connectivity index (χ3v) is 7.58. The SMILES string of the molecule is C=C1CC[C@H]2C(C)(C)CCC[C@]2(C)[C@H]1CSc1ccccc1. The number of hydrogen-bond donors (Lipinski definition) is 0. The van der Waals surface area contributed by atoms with E-state index in [0.29, 0.717) is 16.7 Å². The van der Waals surface area contributed by atoms with E-state index < -0.39 is 0 Å². The van der Waals surface area contributed by atoms with Crippen molar-refractivity contribution in [3.8, 4) is 0 Å². The van der Waals surface area contributed by atoms with Gasteiger partial charge >= 0.3 is 0 Å². The van der Waals surface area contributed by atoms with Crippen LogP contribution in [0, 0.1) is 22.7 Å². The predicted molar refractivity (Wildman–Crippen MR) is 98.3 cm³/mol. The first-order chi connectivity index (χ1) is 10.4. The van der Waals surface area contributed by atoms with Crippen molar-refractivity contribution >= 4 is 11.8 Å². The van der Waals surface area contributed by atoms with Crippen LogP contribution in [-0.2, 0) is 0 Å². The summed E-state index contributed by atoms with van der Waals surface area (Å²) in [4.78, 5) is 1.40. The Morgan fingerprint density at radius 2 is 1.86 bits per heavy atom. The van der Waals surface area contributed by atoms with Crippen LogP contribution >= 0.6 is 11.8 Å². The van der Waals surface area contributed by atoms with Crippen molar-refractivity contribution in [3.05, 3.63) is 42.5 Å². The lowest BCUT2D eigenvalue weighted by Gasteiger charge is -2.58. The zero-order chi connectivity index (χ0) is 15.8. The molecular formula is C21H30S. The summed E-state index contributed by atoms with van der Waals surface area (Å²) in [5.74, 6) is 2.74. The topological polar surface area (TPSA) is 0 Å². The van der Waals surface area contributed by atoms with E-state index in [1.165, 1.54) is 48.3 Å². The van der Waals surface area contributed by atoms with Gasteiger partial charge in [-0.2, -0.15) is 0 Å². The second-order valence-corrected chi connectivity index (χ2v) is 9.37. The van der Waals surface area contributed by atoms with Crippen molar-refractivity contribution in [1.29, 1.82) is 0 Å². The second kappa shape index (κ2) is 6.07. The monoisotopic (exact) mass is 314 g/mol. The maximum atomic E-state index is 4.48. The summed E-state index contributed by atoms with van der Waals surface area (Å²) >= 11 is 2.02. The lowest BCUT2D eigenvalue weighted by atomic mass is 9.48. The molecule has 0 saturated heterocycles. The van der Waals surface area contributed by atoms with Gasteiger partial charge in [0.15, 0.2) is 0 Å². The number of allylic oxidation sites excluding steroid dienone is 1. The van der Waals surface area contributed by atoms with Gasteiger partial charge in [0, 0.05) is 10.6 Å². The Hall–Kier alpha value is -0.690. The molecule has 0 unspecified atom stereocenters. The Labute approximate surface area is 140 Å².